The molecule has 0 spiro atoms. The fourth-order valence-corrected chi connectivity index (χ4v) is 2.85. The van der Waals surface area contributed by atoms with Gasteiger partial charge in [-0.1, -0.05) is 17.7 Å². The molecule has 1 atom stereocenters. The number of amides is 2. The zero-order valence-electron chi connectivity index (χ0n) is 14.0. The highest BCUT2D eigenvalue weighted by atomic mass is 19.4. The van der Waals surface area contributed by atoms with E-state index < -0.39 is 23.7 Å². The molecule has 2 amide bonds. The molecule has 0 bridgehead atoms. The predicted octanol–water partition coefficient (Wildman–Crippen LogP) is 3.55. The fourth-order valence-electron chi connectivity index (χ4n) is 2.85. The third-order valence-corrected chi connectivity index (χ3v) is 4.33. The van der Waals surface area contributed by atoms with E-state index in [2.05, 4.69) is 5.32 Å². The maximum Gasteiger partial charge on any atom is 0.416 e. The number of nitrogens with zero attached hydrogens (tertiary/aromatic N) is 1. The molecule has 3 rings (SSSR count). The second kappa shape index (κ2) is 6.82. The topological polar surface area (TPSA) is 49.4 Å². The van der Waals surface area contributed by atoms with Gasteiger partial charge in [0.2, 0.25) is 5.91 Å². The second-order valence-corrected chi connectivity index (χ2v) is 6.22. The molecule has 0 radical (unpaired) electrons. The molecular formula is C19H17F3N2O2. The molecule has 0 aromatic heterocycles. The summed E-state index contributed by atoms with van der Waals surface area (Å²) in [5.41, 5.74) is 1.09. The van der Waals surface area contributed by atoms with E-state index in [4.69, 9.17) is 0 Å². The van der Waals surface area contributed by atoms with Crippen LogP contribution in [0.1, 0.15) is 27.9 Å². The minimum atomic E-state index is -4.45. The van der Waals surface area contributed by atoms with Crippen molar-refractivity contribution in [2.45, 2.75) is 25.6 Å². The molecular weight excluding hydrogens is 345 g/mol. The molecule has 1 aliphatic heterocycles. The maximum absolute atomic E-state index is 12.6. The van der Waals surface area contributed by atoms with Crippen LogP contribution in [0.25, 0.3) is 0 Å². The number of benzene rings is 2. The van der Waals surface area contributed by atoms with Crippen LogP contribution in [0.5, 0.6) is 0 Å². The molecule has 26 heavy (non-hydrogen) atoms. The van der Waals surface area contributed by atoms with Crippen molar-refractivity contribution in [3.63, 3.8) is 0 Å². The highest BCUT2D eigenvalue weighted by Crippen LogP contribution is 2.29. The summed E-state index contributed by atoms with van der Waals surface area (Å²) in [6.45, 7) is 2.42. The first kappa shape index (κ1) is 18.0. The van der Waals surface area contributed by atoms with Crippen molar-refractivity contribution in [2.75, 3.05) is 11.4 Å². The number of aryl methyl sites for hydroxylation is 1. The van der Waals surface area contributed by atoms with E-state index in [-0.39, 0.29) is 11.5 Å². The van der Waals surface area contributed by atoms with Gasteiger partial charge < -0.3 is 10.2 Å². The Kier molecular flexibility index (Phi) is 4.71. The molecule has 0 aliphatic carbocycles. The van der Waals surface area contributed by atoms with Crippen LogP contribution < -0.4 is 10.2 Å². The number of hydrogen-bond acceptors (Lipinski definition) is 2. The van der Waals surface area contributed by atoms with Gasteiger partial charge in [0.25, 0.3) is 5.91 Å². The summed E-state index contributed by atoms with van der Waals surface area (Å²) < 4.78 is 37.7. The zero-order chi connectivity index (χ0) is 18.9. The van der Waals surface area contributed by atoms with Crippen molar-refractivity contribution in [2.24, 2.45) is 0 Å². The predicted molar refractivity (Wildman–Crippen MR) is 90.8 cm³/mol. The van der Waals surface area contributed by atoms with Gasteiger partial charge in [-0.3, -0.25) is 9.59 Å². The van der Waals surface area contributed by atoms with Gasteiger partial charge in [-0.25, -0.2) is 0 Å². The monoisotopic (exact) mass is 362 g/mol. The number of anilines is 1. The minimum absolute atomic E-state index is 0.0829. The summed E-state index contributed by atoms with van der Waals surface area (Å²) >= 11 is 0. The largest absolute Gasteiger partial charge is 0.416 e. The summed E-state index contributed by atoms with van der Waals surface area (Å²) in [5.74, 6) is -0.794. The number of halogens is 3. The zero-order valence-corrected chi connectivity index (χ0v) is 14.0. The van der Waals surface area contributed by atoms with Gasteiger partial charge in [0.1, 0.15) is 6.04 Å². The molecule has 1 fully saturated rings. The van der Waals surface area contributed by atoms with Gasteiger partial charge in [-0.2, -0.15) is 13.2 Å². The van der Waals surface area contributed by atoms with Crippen LogP contribution in [0.2, 0.25) is 0 Å². The Morgan fingerprint density at radius 2 is 1.69 bits per heavy atom. The lowest BCUT2D eigenvalue weighted by Crippen LogP contribution is -2.41. The molecule has 136 valence electrons. The van der Waals surface area contributed by atoms with Crippen molar-refractivity contribution in [1.29, 1.82) is 0 Å². The normalized spacial score (nSPS) is 17.5. The number of hydrogen-bond donors (Lipinski definition) is 1. The van der Waals surface area contributed by atoms with E-state index in [0.717, 1.165) is 35.5 Å². The van der Waals surface area contributed by atoms with Gasteiger partial charge in [0.05, 0.1) is 5.56 Å². The van der Waals surface area contributed by atoms with Gasteiger partial charge in [-0.05, 0) is 49.7 Å². The van der Waals surface area contributed by atoms with Crippen molar-refractivity contribution in [3.8, 4) is 0 Å². The highest BCUT2D eigenvalue weighted by Gasteiger charge is 2.34. The highest BCUT2D eigenvalue weighted by molar-refractivity contribution is 6.03. The number of carbonyl (C=O) groups is 2. The average Bonchev–Trinajstić information content (AvgIpc) is 2.96. The quantitative estimate of drug-likeness (QED) is 0.908. The number of alkyl halides is 3. The second-order valence-electron chi connectivity index (χ2n) is 6.22. The van der Waals surface area contributed by atoms with Gasteiger partial charge in [0.15, 0.2) is 0 Å². The first-order valence-corrected chi connectivity index (χ1v) is 8.12. The standard InChI is InChI=1S/C19H17F3N2O2/c1-12-2-8-15(9-3-12)24-11-10-16(18(24)26)23-17(25)13-4-6-14(7-5-13)19(20,21)22/h2-9,16H,10-11H2,1H3,(H,23,25). The lowest BCUT2D eigenvalue weighted by atomic mass is 10.1. The summed E-state index contributed by atoms with van der Waals surface area (Å²) in [4.78, 5) is 26.3. The third-order valence-electron chi connectivity index (χ3n) is 4.33. The van der Waals surface area contributed by atoms with E-state index in [9.17, 15) is 22.8 Å². The maximum atomic E-state index is 12.6. The van der Waals surface area contributed by atoms with Crippen LogP contribution in [-0.4, -0.2) is 24.4 Å². The Morgan fingerprint density at radius 3 is 2.27 bits per heavy atom. The molecule has 1 N–H and O–H groups in total. The Bertz CT molecular complexity index is 814. The molecule has 4 nitrogen and oxygen atoms in total. The van der Waals surface area contributed by atoms with E-state index >= 15 is 0 Å². The molecule has 1 saturated heterocycles. The molecule has 0 saturated carbocycles. The molecule has 7 heteroatoms. The van der Waals surface area contributed by atoms with Crippen molar-refractivity contribution >= 4 is 17.5 Å². The smallest absolute Gasteiger partial charge is 0.340 e. The van der Waals surface area contributed by atoms with Crippen LogP contribution in [0, 0.1) is 6.92 Å². The summed E-state index contributed by atoms with van der Waals surface area (Å²) in [6, 6.07) is 10.7. The Hall–Kier alpha value is -2.83. The molecule has 2 aromatic carbocycles. The lowest BCUT2D eigenvalue weighted by molar-refractivity contribution is -0.137. The third kappa shape index (κ3) is 3.71. The Balaban J connectivity index is 1.66. The van der Waals surface area contributed by atoms with Gasteiger partial charge >= 0.3 is 6.18 Å². The van der Waals surface area contributed by atoms with Gasteiger partial charge in [-0.15, -0.1) is 0 Å². The SMILES string of the molecule is Cc1ccc(N2CCC(NC(=O)c3ccc(C(F)(F)F)cc3)C2=O)cc1. The summed E-state index contributed by atoms with van der Waals surface area (Å²) in [7, 11) is 0. The van der Waals surface area contributed by atoms with Crippen LogP contribution in [-0.2, 0) is 11.0 Å². The van der Waals surface area contributed by atoms with Crippen molar-refractivity contribution < 1.29 is 22.8 Å². The van der Waals surface area contributed by atoms with Crippen LogP contribution in [0.4, 0.5) is 18.9 Å². The van der Waals surface area contributed by atoms with Crippen LogP contribution >= 0.6 is 0 Å². The molecule has 1 heterocycles. The summed E-state index contributed by atoms with van der Waals surface area (Å²) in [5, 5.41) is 2.60. The first-order valence-electron chi connectivity index (χ1n) is 8.12. The van der Waals surface area contributed by atoms with Crippen molar-refractivity contribution in [1.82, 2.24) is 5.32 Å². The molecule has 2 aromatic rings. The fraction of sp³-hybridized carbons (Fsp3) is 0.263. The number of rotatable bonds is 3. The van der Waals surface area contributed by atoms with Crippen molar-refractivity contribution in [3.05, 3.63) is 65.2 Å². The van der Waals surface area contributed by atoms with E-state index in [1.165, 1.54) is 0 Å². The van der Waals surface area contributed by atoms with Gasteiger partial charge in [0, 0.05) is 17.8 Å². The van der Waals surface area contributed by atoms with Crippen LogP contribution in [0.3, 0.4) is 0 Å². The number of nitrogens with one attached hydrogen (secondary N) is 1. The minimum Gasteiger partial charge on any atom is -0.340 e. The first-order chi connectivity index (χ1) is 12.3. The van der Waals surface area contributed by atoms with Crippen LogP contribution in [0.15, 0.2) is 48.5 Å². The number of carbonyl (C=O) groups excluding carboxylic acids is 2. The van der Waals surface area contributed by atoms with E-state index in [0.29, 0.717) is 13.0 Å². The average molecular weight is 362 g/mol. The van der Waals surface area contributed by atoms with E-state index in [1.54, 1.807) is 4.90 Å². The van der Waals surface area contributed by atoms with E-state index in [1.807, 2.05) is 31.2 Å². The molecule has 1 aliphatic rings. The Labute approximate surface area is 148 Å². The Morgan fingerprint density at radius 1 is 1.08 bits per heavy atom. The lowest BCUT2D eigenvalue weighted by Gasteiger charge is -2.17. The molecule has 1 unspecified atom stereocenters. The summed E-state index contributed by atoms with van der Waals surface area (Å²) in [6.07, 6.45) is -4.01.